The average molecular weight is 501 g/mol. The van der Waals surface area contributed by atoms with Gasteiger partial charge in [-0.05, 0) is 42.4 Å². The molecule has 0 spiro atoms. The first-order chi connectivity index (χ1) is 16.2. The highest BCUT2D eigenvalue weighted by atomic mass is 32.1. The molecule has 0 radical (unpaired) electrons. The Labute approximate surface area is 203 Å². The van der Waals surface area contributed by atoms with Crippen molar-refractivity contribution in [3.05, 3.63) is 64.7 Å². The summed E-state index contributed by atoms with van der Waals surface area (Å²) in [5.74, 6) is -0.816. The van der Waals surface area contributed by atoms with Crippen molar-refractivity contribution in [2.45, 2.75) is 26.1 Å². The van der Waals surface area contributed by atoms with Crippen LogP contribution in [0.4, 0.5) is 13.2 Å². The molecule has 2 aromatic carbocycles. The maximum absolute atomic E-state index is 13.9. The molecule has 188 valence electrons. The first-order valence-corrected chi connectivity index (χ1v) is 10.9. The molecule has 1 unspecified atom stereocenters. The van der Waals surface area contributed by atoms with Crippen LogP contribution in [-0.2, 0) is 16.3 Å². The molecule has 0 aromatic heterocycles. The summed E-state index contributed by atoms with van der Waals surface area (Å²) in [6.45, 7) is 2.35. The highest BCUT2D eigenvalue weighted by molar-refractivity contribution is 7.80. The lowest BCUT2D eigenvalue weighted by Gasteiger charge is -2.34. The Kier molecular flexibility index (Phi) is 13.1. The molecule has 11 heteroatoms. The molecule has 3 rings (SSSR count). The monoisotopic (exact) mass is 500 g/mol. The predicted octanol–water partition coefficient (Wildman–Crippen LogP) is 3.67. The fourth-order valence-corrected chi connectivity index (χ4v) is 3.09. The Morgan fingerprint density at radius 3 is 2.50 bits per heavy atom. The molecule has 0 fully saturated rings. The predicted molar refractivity (Wildman–Crippen MR) is 129 cm³/mol. The van der Waals surface area contributed by atoms with Crippen molar-refractivity contribution in [3.63, 3.8) is 0 Å². The van der Waals surface area contributed by atoms with Crippen molar-refractivity contribution in [1.82, 2.24) is 15.5 Å². The molecule has 3 N–H and O–H groups in total. The number of carbonyl (C=O) groups excluding carboxylic acids is 1. The van der Waals surface area contributed by atoms with Gasteiger partial charge in [-0.2, -0.15) is 5.06 Å². The average Bonchev–Trinajstić information content (AvgIpc) is 2.84. The molecular weight excluding hydrogens is 469 g/mol. The quantitative estimate of drug-likeness (QED) is 0.356. The molecular formula is C23H31F3N4O3S. The molecule has 1 aliphatic rings. The summed E-state index contributed by atoms with van der Waals surface area (Å²) in [4.78, 5) is 16.1. The van der Waals surface area contributed by atoms with Crippen LogP contribution in [0.25, 0.3) is 0 Å². The lowest BCUT2D eigenvalue weighted by atomic mass is 9.98. The number of thiocarbonyl (C=S) groups is 1. The third-order valence-electron chi connectivity index (χ3n) is 4.45. The Bertz CT molecular complexity index is 934. The minimum absolute atomic E-state index is 0.135. The number of rotatable bonds is 6. The minimum Gasteiger partial charge on any atom is -0.493 e. The second-order valence-electron chi connectivity index (χ2n) is 7.14. The summed E-state index contributed by atoms with van der Waals surface area (Å²) in [5.41, 5.74) is 8.40. The zero-order valence-electron chi connectivity index (χ0n) is 19.7. The maximum Gasteiger partial charge on any atom is 0.228 e. The van der Waals surface area contributed by atoms with E-state index in [0.717, 1.165) is 29.8 Å². The first kappa shape index (κ1) is 29.3. The number of hydrogen-bond acceptors (Lipinski definition) is 6. The van der Waals surface area contributed by atoms with Gasteiger partial charge in [-0.1, -0.05) is 25.2 Å². The van der Waals surface area contributed by atoms with Crippen LogP contribution in [-0.4, -0.2) is 55.8 Å². The molecule has 1 aliphatic heterocycles. The molecule has 0 saturated heterocycles. The summed E-state index contributed by atoms with van der Waals surface area (Å²) in [7, 11) is 5.29. The van der Waals surface area contributed by atoms with Gasteiger partial charge in [0.1, 0.15) is 29.0 Å². The van der Waals surface area contributed by atoms with E-state index in [-0.39, 0.29) is 10.6 Å². The number of carbonyl (C=O) groups is 1. The van der Waals surface area contributed by atoms with Crippen molar-refractivity contribution in [3.8, 4) is 5.75 Å². The van der Waals surface area contributed by atoms with E-state index < -0.39 is 24.4 Å². The van der Waals surface area contributed by atoms with E-state index in [0.29, 0.717) is 36.3 Å². The van der Waals surface area contributed by atoms with Gasteiger partial charge >= 0.3 is 0 Å². The van der Waals surface area contributed by atoms with Gasteiger partial charge in [0.05, 0.1) is 19.8 Å². The number of hydrazine groups is 1. The van der Waals surface area contributed by atoms with Crippen LogP contribution in [0, 0.1) is 11.6 Å². The van der Waals surface area contributed by atoms with Crippen molar-refractivity contribution in [1.29, 1.82) is 0 Å². The molecule has 0 bridgehead atoms. The fraction of sp³-hybridized carbons (Fsp3) is 0.391. The molecule has 2 aromatic rings. The zero-order chi connectivity index (χ0) is 25.7. The number of amides is 1. The van der Waals surface area contributed by atoms with Crippen molar-refractivity contribution >= 4 is 23.6 Å². The van der Waals surface area contributed by atoms with Crippen LogP contribution in [0.5, 0.6) is 5.75 Å². The van der Waals surface area contributed by atoms with Crippen LogP contribution in [0.1, 0.15) is 36.1 Å². The van der Waals surface area contributed by atoms with Gasteiger partial charge in [-0.3, -0.25) is 15.2 Å². The van der Waals surface area contributed by atoms with Crippen molar-refractivity contribution in [2.75, 3.05) is 34.4 Å². The summed E-state index contributed by atoms with van der Waals surface area (Å²) >= 11 is 5.12. The zero-order valence-corrected chi connectivity index (χ0v) is 20.5. The SMILES string of the molecule is CCN.CON(C)C.O=CN(NC(=S)c1cc(F)ccc1F)C1CCOc2ccc(CF)cc21. The number of nitrogens with two attached hydrogens (primary N) is 1. The molecule has 0 saturated carbocycles. The van der Waals surface area contributed by atoms with Crippen LogP contribution in [0.2, 0.25) is 0 Å². The third kappa shape index (κ3) is 8.90. The normalized spacial score (nSPS) is 13.9. The number of fused-ring (bicyclic) bond motifs is 1. The Morgan fingerprint density at radius 2 is 1.94 bits per heavy atom. The van der Waals surface area contributed by atoms with Gasteiger partial charge < -0.3 is 15.3 Å². The van der Waals surface area contributed by atoms with Crippen molar-refractivity contribution in [2.24, 2.45) is 5.73 Å². The summed E-state index contributed by atoms with van der Waals surface area (Å²) in [5, 5.41) is 2.79. The standard InChI is InChI=1S/C18H15F3N2O2S.C3H9NO.C2H7N/c19-9-11-1-4-17-14(7-11)16(5-6-25-17)23(10-24)22-18(26)13-8-12(20)2-3-15(13)21;1-4(2)5-3;1-2-3/h1-4,7-8,10,16H,5-6,9H2,(H,22,26);1-3H3;2-3H2,1H3. The molecule has 1 atom stereocenters. The molecule has 1 amide bonds. The van der Waals surface area contributed by atoms with Gasteiger partial charge in [0.2, 0.25) is 6.41 Å². The largest absolute Gasteiger partial charge is 0.493 e. The van der Waals surface area contributed by atoms with Gasteiger partial charge in [0.25, 0.3) is 0 Å². The smallest absolute Gasteiger partial charge is 0.228 e. The Morgan fingerprint density at radius 1 is 1.29 bits per heavy atom. The first-order valence-electron chi connectivity index (χ1n) is 10.4. The lowest BCUT2D eigenvalue weighted by molar-refractivity contribution is -0.122. The van der Waals surface area contributed by atoms with E-state index in [1.165, 1.54) is 0 Å². The number of nitrogens with one attached hydrogen (secondary N) is 1. The number of ether oxygens (including phenoxy) is 1. The van der Waals surface area contributed by atoms with Crippen LogP contribution in [0.3, 0.4) is 0 Å². The van der Waals surface area contributed by atoms with Crippen molar-refractivity contribution < 1.29 is 27.5 Å². The summed E-state index contributed by atoms with van der Waals surface area (Å²) in [6, 6.07) is 7.26. The fourth-order valence-electron chi connectivity index (χ4n) is 2.82. The van der Waals surface area contributed by atoms with E-state index in [4.69, 9.17) is 22.7 Å². The highest BCUT2D eigenvalue weighted by Gasteiger charge is 2.28. The number of alkyl halides is 1. The second kappa shape index (κ2) is 15.2. The van der Waals surface area contributed by atoms with E-state index in [9.17, 15) is 18.0 Å². The number of hydroxylamine groups is 2. The van der Waals surface area contributed by atoms with Gasteiger partial charge in [0.15, 0.2) is 0 Å². The van der Waals surface area contributed by atoms with Gasteiger partial charge in [0, 0.05) is 31.6 Å². The van der Waals surface area contributed by atoms with Crippen LogP contribution >= 0.6 is 12.2 Å². The second-order valence-corrected chi connectivity index (χ2v) is 7.55. The lowest BCUT2D eigenvalue weighted by Crippen LogP contribution is -2.45. The van der Waals surface area contributed by atoms with Crippen LogP contribution < -0.4 is 15.9 Å². The number of hydrogen-bond donors (Lipinski definition) is 2. The number of benzene rings is 2. The van der Waals surface area contributed by atoms with Crippen LogP contribution in [0.15, 0.2) is 36.4 Å². The Hall–Kier alpha value is -2.73. The number of nitrogens with zero attached hydrogens (tertiary/aromatic N) is 2. The van der Waals surface area contributed by atoms with Gasteiger partial charge in [-0.15, -0.1) is 0 Å². The minimum atomic E-state index is -0.707. The molecule has 1 heterocycles. The topological polar surface area (TPSA) is 80.1 Å². The van der Waals surface area contributed by atoms with Gasteiger partial charge in [-0.25, -0.2) is 13.2 Å². The molecule has 7 nitrogen and oxygen atoms in total. The summed E-state index contributed by atoms with van der Waals surface area (Å²) in [6.07, 6.45) is 0.939. The number of halogens is 3. The highest BCUT2D eigenvalue weighted by Crippen LogP contribution is 2.35. The molecule has 0 aliphatic carbocycles. The van der Waals surface area contributed by atoms with E-state index >= 15 is 0 Å². The van der Waals surface area contributed by atoms with E-state index in [2.05, 4.69) is 10.3 Å². The molecule has 34 heavy (non-hydrogen) atoms. The summed E-state index contributed by atoms with van der Waals surface area (Å²) < 4.78 is 45.8. The van der Waals surface area contributed by atoms with E-state index in [1.807, 2.05) is 21.0 Å². The van der Waals surface area contributed by atoms with E-state index in [1.54, 1.807) is 30.4 Å². The Balaban J connectivity index is 0.000000629. The third-order valence-corrected chi connectivity index (χ3v) is 4.77. The maximum atomic E-state index is 13.9.